The molecule has 8 heteroatoms. The third kappa shape index (κ3) is 2.49. The average Bonchev–Trinajstić information content (AvgIpc) is 2.80. The summed E-state index contributed by atoms with van der Waals surface area (Å²) < 4.78 is 59.5. The van der Waals surface area contributed by atoms with Gasteiger partial charge in [-0.25, -0.2) is 17.6 Å². The predicted octanol–water partition coefficient (Wildman–Crippen LogP) is 6.04. The Hall–Kier alpha value is -3.68. The number of halogens is 4. The average molecular weight is 436 g/mol. The summed E-state index contributed by atoms with van der Waals surface area (Å²) in [5.74, 6) is -4.05. The molecule has 0 saturated heterocycles. The van der Waals surface area contributed by atoms with E-state index in [2.05, 4.69) is 19.9 Å². The summed E-state index contributed by atoms with van der Waals surface area (Å²) in [5, 5.41) is 0. The van der Waals surface area contributed by atoms with Crippen LogP contribution in [0.25, 0.3) is 45.0 Å². The molecule has 0 bridgehead atoms. The van der Waals surface area contributed by atoms with Gasteiger partial charge in [-0.2, -0.15) is 0 Å². The van der Waals surface area contributed by atoms with E-state index in [0.717, 1.165) is 0 Å². The second kappa shape index (κ2) is 6.91. The fourth-order valence-electron chi connectivity index (χ4n) is 4.44. The standard InChI is InChI=1S/C24H16F4N4/c1-9-13-14(10(2)18(26)17(9)25)22-24(32-8-7-30-22)16-12(4)20(28)19(27)11(3)15(16)23-21(13)29-5-6-31-23/h5-8H,1-4H3. The monoisotopic (exact) mass is 436 g/mol. The van der Waals surface area contributed by atoms with Crippen molar-refractivity contribution in [2.45, 2.75) is 27.7 Å². The molecule has 0 aliphatic heterocycles. The SMILES string of the molecule is Cc1c(F)c(F)c(C)c2c1-c1nccnc1-c1c(C)c(F)c(F)c(C)c1-c1nccnc1-2. The Bertz CT molecular complexity index is 1240. The zero-order valence-corrected chi connectivity index (χ0v) is 17.6. The Kier molecular flexibility index (Phi) is 4.37. The maximum Gasteiger partial charge on any atom is 0.162 e. The van der Waals surface area contributed by atoms with Crippen LogP contribution in [0.15, 0.2) is 24.8 Å². The molecule has 160 valence electrons. The lowest BCUT2D eigenvalue weighted by atomic mass is 9.82. The van der Waals surface area contributed by atoms with E-state index in [9.17, 15) is 17.6 Å². The van der Waals surface area contributed by atoms with Gasteiger partial charge < -0.3 is 0 Å². The molecular weight excluding hydrogens is 420 g/mol. The van der Waals surface area contributed by atoms with Gasteiger partial charge in [-0.15, -0.1) is 0 Å². The number of rotatable bonds is 0. The van der Waals surface area contributed by atoms with Crippen LogP contribution in [0.4, 0.5) is 17.6 Å². The summed E-state index contributed by atoms with van der Waals surface area (Å²) in [5.41, 5.74) is 2.14. The molecule has 1 aliphatic carbocycles. The van der Waals surface area contributed by atoms with Crippen LogP contribution in [-0.2, 0) is 0 Å². The summed E-state index contributed by atoms with van der Waals surface area (Å²) in [6, 6.07) is 0. The minimum atomic E-state index is -1.01. The van der Waals surface area contributed by atoms with Gasteiger partial charge in [0.25, 0.3) is 0 Å². The van der Waals surface area contributed by atoms with Gasteiger partial charge >= 0.3 is 0 Å². The number of hydrogen-bond acceptors (Lipinski definition) is 4. The number of benzene rings is 2. The first kappa shape index (κ1) is 20.2. The zero-order valence-electron chi connectivity index (χ0n) is 17.6. The number of nitrogens with zero attached hydrogens (tertiary/aromatic N) is 4. The van der Waals surface area contributed by atoms with Crippen LogP contribution in [0.2, 0.25) is 0 Å². The summed E-state index contributed by atoms with van der Waals surface area (Å²) in [6.07, 6.45) is 5.67. The highest BCUT2D eigenvalue weighted by Gasteiger charge is 2.34. The maximum absolute atomic E-state index is 14.9. The largest absolute Gasteiger partial charge is 0.252 e. The lowest BCUT2D eigenvalue weighted by Crippen LogP contribution is -2.11. The second-order valence-corrected chi connectivity index (χ2v) is 7.76. The molecule has 0 atom stereocenters. The Morgan fingerprint density at radius 3 is 0.781 bits per heavy atom. The lowest BCUT2D eigenvalue weighted by Gasteiger charge is -2.25. The molecule has 5 rings (SSSR count). The van der Waals surface area contributed by atoms with Crippen molar-refractivity contribution in [1.29, 1.82) is 0 Å². The highest BCUT2D eigenvalue weighted by Crippen LogP contribution is 2.50. The lowest BCUT2D eigenvalue weighted by molar-refractivity contribution is 0.498. The van der Waals surface area contributed by atoms with Crippen LogP contribution in [0, 0.1) is 51.0 Å². The van der Waals surface area contributed by atoms with Crippen molar-refractivity contribution in [2.24, 2.45) is 0 Å². The van der Waals surface area contributed by atoms with Crippen molar-refractivity contribution in [2.75, 3.05) is 0 Å². The molecule has 0 unspecified atom stereocenters. The maximum atomic E-state index is 14.9. The van der Waals surface area contributed by atoms with Crippen LogP contribution in [0.3, 0.4) is 0 Å². The van der Waals surface area contributed by atoms with E-state index in [1.165, 1.54) is 52.5 Å². The number of fused-ring (bicyclic) bond motifs is 8. The summed E-state index contributed by atoms with van der Waals surface area (Å²) >= 11 is 0. The second-order valence-electron chi connectivity index (χ2n) is 7.76. The first-order chi connectivity index (χ1) is 15.3. The quantitative estimate of drug-likeness (QED) is 0.278. The number of aromatic nitrogens is 4. The van der Waals surface area contributed by atoms with Crippen molar-refractivity contribution in [3.05, 3.63) is 70.3 Å². The smallest absolute Gasteiger partial charge is 0.162 e. The van der Waals surface area contributed by atoms with E-state index in [0.29, 0.717) is 22.3 Å². The Morgan fingerprint density at radius 2 is 0.594 bits per heavy atom. The first-order valence-electron chi connectivity index (χ1n) is 9.85. The normalized spacial score (nSPS) is 11.8. The van der Waals surface area contributed by atoms with Gasteiger partial charge in [-0.05, 0) is 49.9 Å². The number of hydrogen-bond donors (Lipinski definition) is 0. The van der Waals surface area contributed by atoms with Crippen LogP contribution in [-0.4, -0.2) is 19.9 Å². The van der Waals surface area contributed by atoms with Gasteiger partial charge in [0.1, 0.15) is 0 Å². The van der Waals surface area contributed by atoms with Gasteiger partial charge in [0.05, 0.1) is 22.8 Å². The van der Waals surface area contributed by atoms with E-state index < -0.39 is 23.3 Å². The van der Waals surface area contributed by atoms with Gasteiger partial charge in [-0.1, -0.05) is 0 Å². The molecule has 32 heavy (non-hydrogen) atoms. The minimum Gasteiger partial charge on any atom is -0.252 e. The van der Waals surface area contributed by atoms with Gasteiger partial charge in [-0.3, -0.25) is 19.9 Å². The molecule has 2 aromatic heterocycles. The summed E-state index contributed by atoms with van der Waals surface area (Å²) in [7, 11) is 0. The Labute approximate surface area is 181 Å². The third-order valence-electron chi connectivity index (χ3n) is 6.05. The van der Waals surface area contributed by atoms with E-state index in [-0.39, 0.29) is 45.0 Å². The molecule has 4 aromatic rings. The van der Waals surface area contributed by atoms with Crippen LogP contribution in [0.1, 0.15) is 22.3 Å². The topological polar surface area (TPSA) is 51.6 Å². The molecule has 0 N–H and O–H groups in total. The molecular formula is C24H16F4N4. The van der Waals surface area contributed by atoms with Gasteiger partial charge in [0, 0.05) is 47.0 Å². The van der Waals surface area contributed by atoms with Gasteiger partial charge in [0.2, 0.25) is 0 Å². The zero-order chi connectivity index (χ0) is 22.9. The molecule has 0 spiro atoms. The van der Waals surface area contributed by atoms with Crippen LogP contribution < -0.4 is 0 Å². The van der Waals surface area contributed by atoms with Crippen LogP contribution >= 0.6 is 0 Å². The van der Waals surface area contributed by atoms with Gasteiger partial charge in [0.15, 0.2) is 23.3 Å². The molecule has 0 saturated carbocycles. The van der Waals surface area contributed by atoms with E-state index in [1.807, 2.05) is 0 Å². The van der Waals surface area contributed by atoms with Crippen molar-refractivity contribution in [3.8, 4) is 45.0 Å². The molecule has 2 aromatic carbocycles. The van der Waals surface area contributed by atoms with Crippen LogP contribution in [0.5, 0.6) is 0 Å². The molecule has 0 radical (unpaired) electrons. The fraction of sp³-hybridized carbons (Fsp3) is 0.167. The van der Waals surface area contributed by atoms with Crippen molar-refractivity contribution < 1.29 is 17.6 Å². The van der Waals surface area contributed by atoms with E-state index >= 15 is 0 Å². The fourth-order valence-corrected chi connectivity index (χ4v) is 4.44. The molecule has 0 fully saturated rings. The Balaban J connectivity index is 2.14. The first-order valence-corrected chi connectivity index (χ1v) is 9.85. The van der Waals surface area contributed by atoms with Crippen molar-refractivity contribution >= 4 is 0 Å². The molecule has 1 aliphatic rings. The van der Waals surface area contributed by atoms with Crippen molar-refractivity contribution in [1.82, 2.24) is 19.9 Å². The highest BCUT2D eigenvalue weighted by molar-refractivity contribution is 6.02. The predicted molar refractivity (Wildman–Crippen MR) is 112 cm³/mol. The molecule has 0 amide bonds. The van der Waals surface area contributed by atoms with Crippen molar-refractivity contribution in [3.63, 3.8) is 0 Å². The third-order valence-corrected chi connectivity index (χ3v) is 6.05. The van der Waals surface area contributed by atoms with E-state index in [1.54, 1.807) is 0 Å². The minimum absolute atomic E-state index is 0.0156. The summed E-state index contributed by atoms with van der Waals surface area (Å²) in [4.78, 5) is 17.7. The van der Waals surface area contributed by atoms with E-state index in [4.69, 9.17) is 0 Å². The molecule has 4 nitrogen and oxygen atoms in total. The molecule has 2 heterocycles. The summed E-state index contributed by atoms with van der Waals surface area (Å²) in [6.45, 7) is 5.77. The highest BCUT2D eigenvalue weighted by atomic mass is 19.2. The Morgan fingerprint density at radius 1 is 0.406 bits per heavy atom.